The maximum atomic E-state index is 6.09. The molecule has 4 nitrogen and oxygen atoms in total. The first-order valence-electron chi connectivity index (χ1n) is 9.80. The van der Waals surface area contributed by atoms with Crippen LogP contribution in [0.4, 0.5) is 0 Å². The molecule has 2 heterocycles. The molecule has 0 amide bonds. The monoisotopic (exact) mass is 412 g/mol. The van der Waals surface area contributed by atoms with E-state index in [1.807, 2.05) is 35.0 Å². The normalized spacial score (nSPS) is 15.8. The molecule has 3 aromatic rings. The van der Waals surface area contributed by atoms with Crippen molar-refractivity contribution in [3.63, 3.8) is 0 Å². The molecule has 6 heteroatoms. The van der Waals surface area contributed by atoms with E-state index in [4.69, 9.17) is 28.9 Å². The van der Waals surface area contributed by atoms with Gasteiger partial charge in [0.2, 0.25) is 0 Å². The quantitative estimate of drug-likeness (QED) is 0.519. The molecule has 0 bridgehead atoms. The molecule has 2 aromatic carbocycles. The zero-order chi connectivity index (χ0) is 19.5. The van der Waals surface area contributed by atoms with E-state index in [0.717, 1.165) is 46.9 Å². The number of halogens is 1. The Labute approximate surface area is 176 Å². The fourth-order valence-corrected chi connectivity index (χ4v) is 4.02. The van der Waals surface area contributed by atoms with Crippen LogP contribution in [0.3, 0.4) is 0 Å². The molecule has 146 valence electrons. The minimum absolute atomic E-state index is 0.703. The second kappa shape index (κ2) is 8.60. The highest BCUT2D eigenvalue weighted by Gasteiger charge is 2.19. The van der Waals surface area contributed by atoms with Gasteiger partial charge in [0, 0.05) is 23.7 Å². The van der Waals surface area contributed by atoms with E-state index in [1.54, 1.807) is 0 Å². The van der Waals surface area contributed by atoms with Gasteiger partial charge < -0.3 is 0 Å². The predicted octanol–water partition coefficient (Wildman–Crippen LogP) is 5.47. The van der Waals surface area contributed by atoms with Crippen LogP contribution in [-0.4, -0.2) is 32.3 Å². The summed E-state index contributed by atoms with van der Waals surface area (Å²) in [7, 11) is 0. The number of benzene rings is 2. The molecular weight excluding hydrogens is 388 g/mol. The fourth-order valence-electron chi connectivity index (χ4n) is 3.65. The van der Waals surface area contributed by atoms with Crippen LogP contribution in [0.15, 0.2) is 54.6 Å². The second-order valence-electron chi connectivity index (χ2n) is 7.63. The van der Waals surface area contributed by atoms with Gasteiger partial charge >= 0.3 is 0 Å². The minimum atomic E-state index is 0.703. The average Bonchev–Trinajstić information content (AvgIpc) is 3.01. The molecule has 1 saturated heterocycles. The van der Waals surface area contributed by atoms with Crippen molar-refractivity contribution in [2.24, 2.45) is 5.92 Å². The molecule has 1 aromatic heterocycles. The molecule has 0 radical (unpaired) electrons. The molecule has 28 heavy (non-hydrogen) atoms. The van der Waals surface area contributed by atoms with Crippen LogP contribution in [0.25, 0.3) is 11.4 Å². The van der Waals surface area contributed by atoms with Crippen LogP contribution >= 0.6 is 23.8 Å². The molecular formula is C22H25ClN4S. The summed E-state index contributed by atoms with van der Waals surface area (Å²) in [6.07, 6.45) is 2.48. The second-order valence-corrected chi connectivity index (χ2v) is 8.43. The van der Waals surface area contributed by atoms with Crippen molar-refractivity contribution in [1.82, 2.24) is 19.2 Å². The van der Waals surface area contributed by atoms with Gasteiger partial charge in [0.1, 0.15) is 0 Å². The number of rotatable bonds is 5. The van der Waals surface area contributed by atoms with E-state index in [1.165, 1.54) is 18.4 Å². The predicted molar refractivity (Wildman–Crippen MR) is 117 cm³/mol. The van der Waals surface area contributed by atoms with Crippen LogP contribution < -0.4 is 0 Å². The van der Waals surface area contributed by atoms with E-state index in [9.17, 15) is 0 Å². The highest BCUT2D eigenvalue weighted by Crippen LogP contribution is 2.23. The molecule has 0 saturated carbocycles. The van der Waals surface area contributed by atoms with Crippen LogP contribution in [0.2, 0.25) is 5.02 Å². The molecule has 1 fully saturated rings. The van der Waals surface area contributed by atoms with Gasteiger partial charge in [-0.2, -0.15) is 5.10 Å². The van der Waals surface area contributed by atoms with E-state index >= 15 is 0 Å². The molecule has 1 aliphatic heterocycles. The van der Waals surface area contributed by atoms with Crippen molar-refractivity contribution in [2.45, 2.75) is 33.0 Å². The maximum absolute atomic E-state index is 6.09. The molecule has 4 rings (SSSR count). The number of hydrogen-bond donors (Lipinski definition) is 0. The fraction of sp³-hybridized carbons (Fsp3) is 0.364. The Morgan fingerprint density at radius 1 is 1.04 bits per heavy atom. The van der Waals surface area contributed by atoms with Crippen molar-refractivity contribution in [1.29, 1.82) is 0 Å². The van der Waals surface area contributed by atoms with Gasteiger partial charge in [0.25, 0.3) is 0 Å². The number of nitrogens with zero attached hydrogens (tertiary/aromatic N) is 4. The lowest BCUT2D eigenvalue weighted by Gasteiger charge is -2.29. The van der Waals surface area contributed by atoms with Gasteiger partial charge in [-0.15, -0.1) is 0 Å². The highest BCUT2D eigenvalue weighted by atomic mass is 35.5. The topological polar surface area (TPSA) is 26.0 Å². The number of piperidine rings is 1. The van der Waals surface area contributed by atoms with Gasteiger partial charge in [-0.05, 0) is 60.8 Å². The van der Waals surface area contributed by atoms with Crippen molar-refractivity contribution >= 4 is 23.8 Å². The Kier molecular flexibility index (Phi) is 5.95. The van der Waals surface area contributed by atoms with Crippen LogP contribution in [0.1, 0.15) is 25.3 Å². The smallest absolute Gasteiger partial charge is 0.199 e. The Morgan fingerprint density at radius 2 is 1.71 bits per heavy atom. The van der Waals surface area contributed by atoms with Gasteiger partial charge in [-0.3, -0.25) is 9.47 Å². The summed E-state index contributed by atoms with van der Waals surface area (Å²) in [5.41, 5.74) is 2.23. The number of aromatic nitrogens is 3. The molecule has 0 N–H and O–H groups in total. The van der Waals surface area contributed by atoms with Gasteiger partial charge in [-0.1, -0.05) is 48.9 Å². The summed E-state index contributed by atoms with van der Waals surface area (Å²) in [5, 5.41) is 5.63. The minimum Gasteiger partial charge on any atom is -0.295 e. The van der Waals surface area contributed by atoms with Crippen LogP contribution in [0, 0.1) is 10.7 Å². The zero-order valence-electron chi connectivity index (χ0n) is 16.1. The first-order valence-corrected chi connectivity index (χ1v) is 10.6. The Morgan fingerprint density at radius 3 is 2.39 bits per heavy atom. The summed E-state index contributed by atoms with van der Waals surface area (Å²) >= 11 is 11.9. The summed E-state index contributed by atoms with van der Waals surface area (Å²) < 4.78 is 4.85. The molecule has 1 aliphatic rings. The zero-order valence-corrected chi connectivity index (χ0v) is 17.7. The number of hydrogen-bond acceptors (Lipinski definition) is 3. The average molecular weight is 413 g/mol. The van der Waals surface area contributed by atoms with Crippen LogP contribution in [-0.2, 0) is 13.2 Å². The number of likely N-dealkylation sites (tertiary alicyclic amines) is 1. The highest BCUT2D eigenvalue weighted by molar-refractivity contribution is 7.71. The maximum Gasteiger partial charge on any atom is 0.199 e. The van der Waals surface area contributed by atoms with E-state index in [2.05, 4.69) is 40.7 Å². The summed E-state index contributed by atoms with van der Waals surface area (Å²) in [6, 6.07) is 18.2. The van der Waals surface area contributed by atoms with Crippen molar-refractivity contribution in [3.05, 3.63) is 70.0 Å². The van der Waals surface area contributed by atoms with Gasteiger partial charge in [0.15, 0.2) is 10.6 Å². The molecule has 0 aliphatic carbocycles. The largest absolute Gasteiger partial charge is 0.295 e. The third kappa shape index (κ3) is 4.37. The summed E-state index contributed by atoms with van der Waals surface area (Å²) in [6.45, 7) is 5.98. The first kappa shape index (κ1) is 19.4. The van der Waals surface area contributed by atoms with Crippen LogP contribution in [0.5, 0.6) is 0 Å². The van der Waals surface area contributed by atoms with Crippen molar-refractivity contribution < 1.29 is 0 Å². The van der Waals surface area contributed by atoms with E-state index in [0.29, 0.717) is 6.54 Å². The van der Waals surface area contributed by atoms with Gasteiger partial charge in [-0.25, -0.2) is 4.68 Å². The standard InChI is InChI=1S/C22H25ClN4S/c1-17-11-13-25(14-12-17)16-27-22(28)26(15-18-5-3-2-4-6-18)21(24-27)19-7-9-20(23)10-8-19/h2-10,17H,11-16H2,1H3. The molecule has 0 unspecified atom stereocenters. The molecule has 0 atom stereocenters. The van der Waals surface area contributed by atoms with Crippen molar-refractivity contribution in [3.8, 4) is 11.4 Å². The lowest BCUT2D eigenvalue weighted by Crippen LogP contribution is -2.34. The Balaban J connectivity index is 1.68. The van der Waals surface area contributed by atoms with E-state index < -0.39 is 0 Å². The van der Waals surface area contributed by atoms with E-state index in [-0.39, 0.29) is 0 Å². The SMILES string of the molecule is CC1CCN(Cn2nc(-c3ccc(Cl)cc3)n(Cc3ccccc3)c2=S)CC1. The van der Waals surface area contributed by atoms with Gasteiger partial charge in [0.05, 0.1) is 13.2 Å². The lowest BCUT2D eigenvalue weighted by molar-refractivity contribution is 0.146. The third-order valence-electron chi connectivity index (χ3n) is 5.42. The first-order chi connectivity index (χ1) is 13.6. The summed E-state index contributed by atoms with van der Waals surface area (Å²) in [4.78, 5) is 2.45. The summed E-state index contributed by atoms with van der Waals surface area (Å²) in [5.74, 6) is 1.69. The Bertz CT molecular complexity index is 970. The Hall–Kier alpha value is -1.95. The van der Waals surface area contributed by atoms with Crippen molar-refractivity contribution in [2.75, 3.05) is 13.1 Å². The lowest BCUT2D eigenvalue weighted by atomic mass is 10.00. The third-order valence-corrected chi connectivity index (χ3v) is 6.10. The molecule has 0 spiro atoms.